The quantitative estimate of drug-likeness (QED) is 0.874. The third kappa shape index (κ3) is 3.32. The van der Waals surface area contributed by atoms with Crippen molar-refractivity contribution in [3.05, 3.63) is 16.0 Å². The molecule has 7 heteroatoms. The lowest BCUT2D eigenvalue weighted by atomic mass is 9.96. The van der Waals surface area contributed by atoms with Gasteiger partial charge in [-0.3, -0.25) is 4.72 Å². The standard InChI is InChI=1S/C13H19NO4S2/c1-8(2)7-20(17,18)14-12-11(13(15)16)9-5-3-4-6-10(9)19-12/h8,14H,3-7H2,1-2H3,(H,15,16). The summed E-state index contributed by atoms with van der Waals surface area (Å²) in [6.07, 6.45) is 3.55. The summed E-state index contributed by atoms with van der Waals surface area (Å²) in [5, 5.41) is 9.63. The fourth-order valence-electron chi connectivity index (χ4n) is 2.49. The molecule has 0 spiro atoms. The highest BCUT2D eigenvalue weighted by Gasteiger charge is 2.27. The first kappa shape index (κ1) is 15.3. The van der Waals surface area contributed by atoms with Gasteiger partial charge in [0.15, 0.2) is 0 Å². The van der Waals surface area contributed by atoms with Crippen molar-refractivity contribution in [3.63, 3.8) is 0 Å². The summed E-state index contributed by atoms with van der Waals surface area (Å²) < 4.78 is 26.5. The predicted octanol–water partition coefficient (Wildman–Crippen LogP) is 2.72. The van der Waals surface area contributed by atoms with Crippen molar-refractivity contribution < 1.29 is 18.3 Å². The minimum atomic E-state index is -3.49. The Morgan fingerprint density at radius 1 is 1.35 bits per heavy atom. The van der Waals surface area contributed by atoms with Crippen molar-refractivity contribution in [1.82, 2.24) is 0 Å². The average molecular weight is 317 g/mol. The van der Waals surface area contributed by atoms with Gasteiger partial charge in [-0.25, -0.2) is 13.2 Å². The van der Waals surface area contributed by atoms with Crippen molar-refractivity contribution in [2.75, 3.05) is 10.5 Å². The number of rotatable bonds is 5. The lowest BCUT2D eigenvalue weighted by Crippen LogP contribution is -2.20. The molecule has 0 saturated heterocycles. The van der Waals surface area contributed by atoms with E-state index in [9.17, 15) is 18.3 Å². The maximum atomic E-state index is 12.0. The maximum absolute atomic E-state index is 12.0. The van der Waals surface area contributed by atoms with Crippen LogP contribution in [0.1, 0.15) is 47.5 Å². The van der Waals surface area contributed by atoms with Gasteiger partial charge in [0, 0.05) is 4.88 Å². The van der Waals surface area contributed by atoms with Crippen LogP contribution in [0.2, 0.25) is 0 Å². The van der Waals surface area contributed by atoms with Crippen molar-refractivity contribution >= 4 is 32.3 Å². The van der Waals surface area contributed by atoms with Crippen LogP contribution in [0.5, 0.6) is 0 Å². The van der Waals surface area contributed by atoms with E-state index in [-0.39, 0.29) is 22.2 Å². The molecule has 0 saturated carbocycles. The number of thiophene rings is 1. The molecular weight excluding hydrogens is 298 g/mol. The number of anilines is 1. The third-order valence-corrected chi connectivity index (χ3v) is 6.14. The topological polar surface area (TPSA) is 83.5 Å². The Morgan fingerprint density at radius 2 is 2.00 bits per heavy atom. The van der Waals surface area contributed by atoms with E-state index < -0.39 is 16.0 Å². The van der Waals surface area contributed by atoms with Crippen molar-refractivity contribution in [2.24, 2.45) is 5.92 Å². The molecule has 0 fully saturated rings. The summed E-state index contributed by atoms with van der Waals surface area (Å²) in [7, 11) is -3.49. The van der Waals surface area contributed by atoms with Gasteiger partial charge in [0.25, 0.3) is 0 Å². The molecule has 1 aliphatic rings. The fourth-order valence-corrected chi connectivity index (χ4v) is 5.51. The Morgan fingerprint density at radius 3 is 2.60 bits per heavy atom. The van der Waals surface area contributed by atoms with E-state index in [2.05, 4.69) is 4.72 Å². The molecule has 1 heterocycles. The minimum absolute atomic E-state index is 0.00429. The normalized spacial score (nSPS) is 15.2. The minimum Gasteiger partial charge on any atom is -0.478 e. The number of carbonyl (C=O) groups is 1. The number of aryl methyl sites for hydroxylation is 1. The lowest BCUT2D eigenvalue weighted by Gasteiger charge is -2.11. The van der Waals surface area contributed by atoms with Gasteiger partial charge in [-0.2, -0.15) is 0 Å². The molecule has 0 radical (unpaired) electrons. The molecular formula is C13H19NO4S2. The molecule has 1 aromatic rings. The van der Waals surface area contributed by atoms with Gasteiger partial charge in [-0.15, -0.1) is 11.3 Å². The lowest BCUT2D eigenvalue weighted by molar-refractivity contribution is 0.0697. The molecule has 2 N–H and O–H groups in total. The van der Waals surface area contributed by atoms with Crippen LogP contribution in [-0.4, -0.2) is 25.2 Å². The van der Waals surface area contributed by atoms with Gasteiger partial charge in [0.2, 0.25) is 10.0 Å². The second-order valence-corrected chi connectivity index (χ2v) is 8.37. The molecule has 1 aliphatic carbocycles. The molecule has 0 amide bonds. The summed E-state index contributed by atoms with van der Waals surface area (Å²) in [5.74, 6) is -1.06. The van der Waals surface area contributed by atoms with Crippen LogP contribution in [0, 0.1) is 5.92 Å². The van der Waals surface area contributed by atoms with Crippen LogP contribution in [-0.2, 0) is 22.9 Å². The van der Waals surface area contributed by atoms with E-state index in [1.54, 1.807) is 0 Å². The maximum Gasteiger partial charge on any atom is 0.339 e. The number of sulfonamides is 1. The first-order chi connectivity index (χ1) is 9.30. The molecule has 0 atom stereocenters. The summed E-state index contributed by atoms with van der Waals surface area (Å²) in [5.41, 5.74) is 0.966. The van der Waals surface area contributed by atoms with Crippen LogP contribution < -0.4 is 4.72 Å². The highest BCUT2D eigenvalue weighted by atomic mass is 32.2. The summed E-state index contributed by atoms with van der Waals surface area (Å²) in [6, 6.07) is 0. The molecule has 2 rings (SSSR count). The van der Waals surface area contributed by atoms with Gasteiger partial charge >= 0.3 is 5.97 Å². The van der Waals surface area contributed by atoms with Gasteiger partial charge in [-0.05, 0) is 37.2 Å². The zero-order valence-electron chi connectivity index (χ0n) is 11.6. The Labute approximate surface area is 123 Å². The Hall–Kier alpha value is -1.08. The first-order valence-electron chi connectivity index (χ1n) is 6.68. The van der Waals surface area contributed by atoms with E-state index in [0.717, 1.165) is 36.1 Å². The molecule has 0 bridgehead atoms. The van der Waals surface area contributed by atoms with Crippen LogP contribution in [0.15, 0.2) is 0 Å². The van der Waals surface area contributed by atoms with Gasteiger partial charge in [0.1, 0.15) is 5.00 Å². The zero-order chi connectivity index (χ0) is 14.9. The summed E-state index contributed by atoms with van der Waals surface area (Å²) in [6.45, 7) is 3.63. The molecule has 112 valence electrons. The van der Waals surface area contributed by atoms with Crippen molar-refractivity contribution in [2.45, 2.75) is 39.5 Å². The third-order valence-electron chi connectivity index (χ3n) is 3.19. The second kappa shape index (κ2) is 5.73. The zero-order valence-corrected chi connectivity index (χ0v) is 13.2. The largest absolute Gasteiger partial charge is 0.478 e. The van der Waals surface area contributed by atoms with Crippen LogP contribution in [0.25, 0.3) is 0 Å². The SMILES string of the molecule is CC(C)CS(=O)(=O)Nc1sc2c(c1C(=O)O)CCCC2. The van der Waals surface area contributed by atoms with Crippen LogP contribution in [0.4, 0.5) is 5.00 Å². The van der Waals surface area contributed by atoms with E-state index in [1.165, 1.54) is 11.3 Å². The Kier molecular flexibility index (Phi) is 4.39. The second-order valence-electron chi connectivity index (χ2n) is 5.50. The summed E-state index contributed by atoms with van der Waals surface area (Å²) >= 11 is 1.27. The Balaban J connectivity index is 2.37. The molecule has 5 nitrogen and oxygen atoms in total. The van der Waals surface area contributed by atoms with Gasteiger partial charge in [-0.1, -0.05) is 13.8 Å². The van der Waals surface area contributed by atoms with E-state index in [0.29, 0.717) is 0 Å². The number of nitrogens with one attached hydrogen (secondary N) is 1. The molecule has 0 unspecified atom stereocenters. The van der Waals surface area contributed by atoms with E-state index in [1.807, 2.05) is 13.8 Å². The number of hydrogen-bond acceptors (Lipinski definition) is 4. The number of carboxylic acids is 1. The Bertz CT molecular complexity index is 617. The predicted molar refractivity (Wildman–Crippen MR) is 80.2 cm³/mol. The average Bonchev–Trinajstić information content (AvgIpc) is 2.63. The molecule has 20 heavy (non-hydrogen) atoms. The summed E-state index contributed by atoms with van der Waals surface area (Å²) in [4.78, 5) is 12.4. The highest BCUT2D eigenvalue weighted by molar-refractivity contribution is 7.92. The van der Waals surface area contributed by atoms with Crippen molar-refractivity contribution in [3.8, 4) is 0 Å². The number of carboxylic acid groups (broad SMARTS) is 1. The molecule has 0 aromatic carbocycles. The van der Waals surface area contributed by atoms with Gasteiger partial charge < -0.3 is 5.11 Å². The van der Waals surface area contributed by atoms with Crippen molar-refractivity contribution in [1.29, 1.82) is 0 Å². The monoisotopic (exact) mass is 317 g/mol. The van der Waals surface area contributed by atoms with Crippen LogP contribution in [0.3, 0.4) is 0 Å². The van der Waals surface area contributed by atoms with E-state index in [4.69, 9.17) is 0 Å². The van der Waals surface area contributed by atoms with Crippen LogP contribution >= 0.6 is 11.3 Å². The molecule has 0 aliphatic heterocycles. The van der Waals surface area contributed by atoms with E-state index >= 15 is 0 Å². The highest BCUT2D eigenvalue weighted by Crippen LogP contribution is 2.38. The fraction of sp³-hybridized carbons (Fsp3) is 0.615. The number of hydrogen-bond donors (Lipinski definition) is 2. The first-order valence-corrected chi connectivity index (χ1v) is 9.15. The number of aromatic carboxylic acids is 1. The number of fused-ring (bicyclic) bond motifs is 1. The smallest absolute Gasteiger partial charge is 0.339 e. The molecule has 1 aromatic heterocycles. The van der Waals surface area contributed by atoms with Gasteiger partial charge in [0.05, 0.1) is 11.3 Å².